The molecule has 0 saturated carbocycles. The summed E-state index contributed by atoms with van der Waals surface area (Å²) in [6.45, 7) is 6.30. The summed E-state index contributed by atoms with van der Waals surface area (Å²) in [5, 5.41) is 7.85. The van der Waals surface area contributed by atoms with Gasteiger partial charge in [0.15, 0.2) is 5.82 Å². The summed E-state index contributed by atoms with van der Waals surface area (Å²) in [7, 11) is 0. The van der Waals surface area contributed by atoms with E-state index >= 15 is 0 Å². The average molecular weight is 242 g/mol. The molecule has 1 N–H and O–H groups in total. The van der Waals surface area contributed by atoms with Crippen LogP contribution in [0.1, 0.15) is 38.8 Å². The van der Waals surface area contributed by atoms with E-state index in [4.69, 9.17) is 6.42 Å². The van der Waals surface area contributed by atoms with Crippen molar-refractivity contribution in [2.75, 3.05) is 5.32 Å². The van der Waals surface area contributed by atoms with Crippen molar-refractivity contribution >= 4 is 11.3 Å². The first-order chi connectivity index (χ1) is 8.61. The lowest BCUT2D eigenvalue weighted by Gasteiger charge is -2.11. The lowest BCUT2D eigenvalue weighted by Crippen LogP contribution is -2.15. The fraction of sp³-hybridized carbons (Fsp3) is 0.429. The monoisotopic (exact) mass is 242 g/mol. The summed E-state index contributed by atoms with van der Waals surface area (Å²) < 4.78 is 1.85. The molecule has 94 valence electrons. The van der Waals surface area contributed by atoms with Crippen molar-refractivity contribution in [3.63, 3.8) is 0 Å². The molecule has 2 aromatic heterocycles. The summed E-state index contributed by atoms with van der Waals surface area (Å²) in [4.78, 5) is 4.36. The van der Waals surface area contributed by atoms with Crippen LogP contribution in [0.3, 0.4) is 0 Å². The third kappa shape index (κ3) is 2.45. The lowest BCUT2D eigenvalue weighted by molar-refractivity contribution is 0.784. The number of rotatable bonds is 4. The highest BCUT2D eigenvalue weighted by Gasteiger charge is 2.10. The number of aromatic nitrogens is 3. The molecule has 0 fully saturated rings. The molecule has 0 spiro atoms. The van der Waals surface area contributed by atoms with Crippen LogP contribution < -0.4 is 5.32 Å². The van der Waals surface area contributed by atoms with Gasteiger partial charge in [0.25, 0.3) is 0 Å². The molecular formula is C14H18N4. The maximum absolute atomic E-state index is 5.31. The van der Waals surface area contributed by atoms with Gasteiger partial charge in [0.1, 0.15) is 5.52 Å². The van der Waals surface area contributed by atoms with E-state index in [0.717, 1.165) is 17.0 Å². The molecule has 1 atom stereocenters. The predicted octanol–water partition coefficient (Wildman–Crippen LogP) is 2.68. The molecule has 0 amide bonds. The Hall–Kier alpha value is -2.02. The van der Waals surface area contributed by atoms with Gasteiger partial charge in [-0.15, -0.1) is 12.3 Å². The van der Waals surface area contributed by atoms with Crippen LogP contribution in [-0.2, 0) is 0 Å². The minimum atomic E-state index is 0.200. The lowest BCUT2D eigenvalue weighted by atomic mass is 10.1. The molecular weight excluding hydrogens is 224 g/mol. The number of hydrogen-bond acceptors (Lipinski definition) is 3. The third-order valence-electron chi connectivity index (χ3n) is 2.81. The molecule has 4 heteroatoms. The zero-order valence-electron chi connectivity index (χ0n) is 11.0. The Kier molecular flexibility index (Phi) is 3.52. The van der Waals surface area contributed by atoms with E-state index in [1.54, 1.807) is 6.20 Å². The van der Waals surface area contributed by atoms with Crippen molar-refractivity contribution in [3.05, 3.63) is 24.2 Å². The van der Waals surface area contributed by atoms with E-state index < -0.39 is 0 Å². The maximum Gasteiger partial charge on any atom is 0.152 e. The molecule has 2 rings (SSSR count). The first-order valence-corrected chi connectivity index (χ1v) is 6.16. The van der Waals surface area contributed by atoms with Crippen LogP contribution in [-0.4, -0.2) is 20.6 Å². The zero-order chi connectivity index (χ0) is 13.1. The predicted molar refractivity (Wildman–Crippen MR) is 73.6 cm³/mol. The van der Waals surface area contributed by atoms with E-state index in [1.165, 1.54) is 0 Å². The molecule has 0 bridgehead atoms. The van der Waals surface area contributed by atoms with Crippen molar-refractivity contribution in [2.24, 2.45) is 0 Å². The first kappa shape index (κ1) is 12.4. The van der Waals surface area contributed by atoms with E-state index in [0.29, 0.717) is 12.3 Å². The van der Waals surface area contributed by atoms with Gasteiger partial charge in [-0.3, -0.25) is 0 Å². The van der Waals surface area contributed by atoms with Gasteiger partial charge in [-0.1, -0.05) is 13.8 Å². The highest BCUT2D eigenvalue weighted by Crippen LogP contribution is 2.20. The van der Waals surface area contributed by atoms with Crippen molar-refractivity contribution in [3.8, 4) is 12.3 Å². The Balaban J connectivity index is 2.36. The Morgan fingerprint density at radius 1 is 1.44 bits per heavy atom. The molecule has 0 saturated heterocycles. The molecule has 2 aromatic rings. The van der Waals surface area contributed by atoms with Crippen LogP contribution in [0.5, 0.6) is 0 Å². The second-order valence-corrected chi connectivity index (χ2v) is 4.78. The van der Waals surface area contributed by atoms with Gasteiger partial charge in [-0.05, 0) is 18.9 Å². The fourth-order valence-corrected chi connectivity index (χ4v) is 1.80. The Morgan fingerprint density at radius 3 is 2.89 bits per heavy atom. The van der Waals surface area contributed by atoms with Gasteiger partial charge in [0.05, 0.1) is 5.69 Å². The quantitative estimate of drug-likeness (QED) is 0.838. The first-order valence-electron chi connectivity index (χ1n) is 6.16. The molecule has 4 nitrogen and oxygen atoms in total. The molecule has 2 heterocycles. The van der Waals surface area contributed by atoms with Gasteiger partial charge < -0.3 is 5.32 Å². The van der Waals surface area contributed by atoms with Crippen LogP contribution in [0.4, 0.5) is 5.82 Å². The van der Waals surface area contributed by atoms with Gasteiger partial charge in [-0.2, -0.15) is 5.10 Å². The number of anilines is 1. The normalized spacial score (nSPS) is 12.6. The summed E-state index contributed by atoms with van der Waals surface area (Å²) in [6, 6.07) is 2.27. The second-order valence-electron chi connectivity index (χ2n) is 4.78. The number of fused-ring (bicyclic) bond motifs is 1. The molecule has 1 unspecified atom stereocenters. The number of terminal acetylenes is 1. The van der Waals surface area contributed by atoms with Crippen molar-refractivity contribution in [1.82, 2.24) is 14.6 Å². The highest BCUT2D eigenvalue weighted by molar-refractivity contribution is 5.68. The summed E-state index contributed by atoms with van der Waals surface area (Å²) >= 11 is 0. The van der Waals surface area contributed by atoms with Crippen LogP contribution in [0, 0.1) is 12.3 Å². The number of hydrogen-bond donors (Lipinski definition) is 1. The van der Waals surface area contributed by atoms with Crippen LogP contribution in [0.2, 0.25) is 0 Å². The molecule has 0 aliphatic rings. The highest BCUT2D eigenvalue weighted by atomic mass is 15.2. The minimum absolute atomic E-state index is 0.200. The number of nitrogens with zero attached hydrogens (tertiary/aromatic N) is 3. The van der Waals surface area contributed by atoms with E-state index in [1.807, 2.05) is 17.6 Å². The maximum atomic E-state index is 5.31. The van der Waals surface area contributed by atoms with E-state index in [2.05, 4.69) is 41.2 Å². The van der Waals surface area contributed by atoms with Gasteiger partial charge in [0.2, 0.25) is 0 Å². The van der Waals surface area contributed by atoms with Gasteiger partial charge >= 0.3 is 0 Å². The Morgan fingerprint density at radius 2 is 2.22 bits per heavy atom. The Labute approximate surface area is 107 Å². The smallest absolute Gasteiger partial charge is 0.152 e. The van der Waals surface area contributed by atoms with Crippen molar-refractivity contribution in [1.29, 1.82) is 0 Å². The standard InChI is InChI=1S/C14H18N4/c1-5-6-11(4)16-14-13-9-12(10(2)3)17-18(13)8-7-15-14/h1,7-11H,6H2,2-4H3,(H,15,16). The zero-order valence-corrected chi connectivity index (χ0v) is 11.0. The largest absolute Gasteiger partial charge is 0.365 e. The van der Waals surface area contributed by atoms with Crippen LogP contribution >= 0.6 is 0 Å². The summed E-state index contributed by atoms with van der Waals surface area (Å²) in [5.74, 6) is 3.88. The molecule has 0 radical (unpaired) electrons. The Bertz CT molecular complexity index is 577. The fourth-order valence-electron chi connectivity index (χ4n) is 1.80. The van der Waals surface area contributed by atoms with Crippen LogP contribution in [0.15, 0.2) is 18.5 Å². The van der Waals surface area contributed by atoms with Gasteiger partial charge in [-0.25, -0.2) is 9.50 Å². The van der Waals surface area contributed by atoms with Crippen molar-refractivity contribution < 1.29 is 0 Å². The minimum Gasteiger partial charge on any atom is -0.365 e. The topological polar surface area (TPSA) is 42.2 Å². The molecule has 18 heavy (non-hydrogen) atoms. The molecule has 0 aliphatic carbocycles. The summed E-state index contributed by atoms with van der Waals surface area (Å²) in [5.41, 5.74) is 2.06. The number of nitrogens with one attached hydrogen (secondary N) is 1. The summed E-state index contributed by atoms with van der Waals surface area (Å²) in [6.07, 6.45) is 9.59. The van der Waals surface area contributed by atoms with E-state index in [-0.39, 0.29) is 6.04 Å². The van der Waals surface area contributed by atoms with Gasteiger partial charge in [0, 0.05) is 24.9 Å². The third-order valence-corrected chi connectivity index (χ3v) is 2.81. The van der Waals surface area contributed by atoms with Crippen LogP contribution in [0.25, 0.3) is 5.52 Å². The van der Waals surface area contributed by atoms with Crippen molar-refractivity contribution in [2.45, 2.75) is 39.2 Å². The average Bonchev–Trinajstić information content (AvgIpc) is 2.74. The van der Waals surface area contributed by atoms with E-state index in [9.17, 15) is 0 Å². The molecule has 0 aromatic carbocycles. The molecule has 0 aliphatic heterocycles. The second kappa shape index (κ2) is 5.09. The SMILES string of the molecule is C#CCC(C)Nc1nccn2nc(C(C)C)cc12.